The summed E-state index contributed by atoms with van der Waals surface area (Å²) >= 11 is 0. The molecule has 1 amide bonds. The van der Waals surface area contributed by atoms with E-state index in [1.54, 1.807) is 6.92 Å². The van der Waals surface area contributed by atoms with Crippen molar-refractivity contribution in [3.63, 3.8) is 0 Å². The molecule has 0 bridgehead atoms. The van der Waals surface area contributed by atoms with Crippen molar-refractivity contribution in [1.29, 1.82) is 0 Å². The molecule has 1 aliphatic heterocycles. The van der Waals surface area contributed by atoms with E-state index in [1.807, 2.05) is 0 Å². The maximum atomic E-state index is 12.1. The summed E-state index contributed by atoms with van der Waals surface area (Å²) in [7, 11) is 0. The van der Waals surface area contributed by atoms with Gasteiger partial charge in [-0.05, 0) is 39.2 Å². The molecule has 2 aliphatic rings. The highest BCUT2D eigenvalue weighted by molar-refractivity contribution is 5.84. The van der Waals surface area contributed by atoms with Crippen molar-refractivity contribution in [1.82, 2.24) is 10.6 Å². The molecule has 0 aromatic carbocycles. The summed E-state index contributed by atoms with van der Waals surface area (Å²) in [5, 5.41) is 15.5. The molecule has 102 valence electrons. The van der Waals surface area contributed by atoms with E-state index in [-0.39, 0.29) is 18.0 Å². The van der Waals surface area contributed by atoms with Crippen molar-refractivity contribution in [3.8, 4) is 0 Å². The Labute approximate surface area is 107 Å². The smallest absolute Gasteiger partial charge is 0.311 e. The minimum absolute atomic E-state index is 0.0353. The Hall–Kier alpha value is -1.10. The minimum Gasteiger partial charge on any atom is -0.481 e. The zero-order valence-corrected chi connectivity index (χ0v) is 10.9. The first-order valence-electron chi connectivity index (χ1n) is 6.81. The van der Waals surface area contributed by atoms with Gasteiger partial charge >= 0.3 is 5.97 Å². The van der Waals surface area contributed by atoms with Gasteiger partial charge in [-0.15, -0.1) is 0 Å². The highest BCUT2D eigenvalue weighted by atomic mass is 16.4. The Morgan fingerprint density at radius 3 is 2.67 bits per heavy atom. The van der Waals surface area contributed by atoms with Crippen LogP contribution in [0.5, 0.6) is 0 Å². The van der Waals surface area contributed by atoms with Gasteiger partial charge in [0.2, 0.25) is 5.91 Å². The molecular formula is C13H22N2O3. The lowest BCUT2D eigenvalue weighted by molar-refractivity contribution is -0.152. The fourth-order valence-corrected chi connectivity index (χ4v) is 3.00. The summed E-state index contributed by atoms with van der Waals surface area (Å²) in [5.41, 5.74) is -0.813. The van der Waals surface area contributed by atoms with Gasteiger partial charge in [-0.1, -0.05) is 12.8 Å². The molecular weight excluding hydrogens is 232 g/mol. The van der Waals surface area contributed by atoms with Crippen molar-refractivity contribution in [2.45, 2.75) is 57.5 Å². The second kappa shape index (κ2) is 5.26. The van der Waals surface area contributed by atoms with Gasteiger partial charge in [-0.25, -0.2) is 0 Å². The van der Waals surface area contributed by atoms with Gasteiger partial charge in [0.1, 0.15) is 0 Å². The standard InChI is InChI=1S/C13H22N2O3/c1-13(12(17)18)7-3-2-6-10(13)15-11(16)9-5-4-8-14-9/h9-10,14H,2-8H2,1H3,(H,15,16)(H,17,18)/t9-,10?,13?/m0/s1. The first-order valence-corrected chi connectivity index (χ1v) is 6.81. The molecule has 5 heteroatoms. The minimum atomic E-state index is -0.813. The zero-order chi connectivity index (χ0) is 13.2. The van der Waals surface area contributed by atoms with Gasteiger partial charge in [0.05, 0.1) is 11.5 Å². The Morgan fingerprint density at radius 2 is 2.06 bits per heavy atom. The zero-order valence-electron chi connectivity index (χ0n) is 10.9. The monoisotopic (exact) mass is 254 g/mol. The van der Waals surface area contributed by atoms with Crippen LogP contribution in [0.3, 0.4) is 0 Å². The normalized spacial score (nSPS) is 36.3. The van der Waals surface area contributed by atoms with Crippen LogP contribution in [0, 0.1) is 5.41 Å². The molecule has 1 aliphatic carbocycles. The lowest BCUT2D eigenvalue weighted by atomic mass is 9.71. The van der Waals surface area contributed by atoms with E-state index >= 15 is 0 Å². The summed E-state index contributed by atoms with van der Waals surface area (Å²) in [6.07, 6.45) is 5.19. The highest BCUT2D eigenvalue weighted by Crippen LogP contribution is 2.36. The number of nitrogens with one attached hydrogen (secondary N) is 2. The number of carboxylic acid groups (broad SMARTS) is 1. The van der Waals surface area contributed by atoms with Crippen LogP contribution in [0.4, 0.5) is 0 Å². The third-order valence-electron chi connectivity index (χ3n) is 4.39. The molecule has 0 aromatic heterocycles. The number of carbonyl (C=O) groups is 2. The molecule has 18 heavy (non-hydrogen) atoms. The number of aliphatic carboxylic acids is 1. The Kier molecular flexibility index (Phi) is 3.90. The van der Waals surface area contributed by atoms with Gasteiger partial charge in [-0.3, -0.25) is 9.59 Å². The lowest BCUT2D eigenvalue weighted by Crippen LogP contribution is -2.55. The van der Waals surface area contributed by atoms with Crippen LogP contribution in [0.15, 0.2) is 0 Å². The van der Waals surface area contributed by atoms with Crippen LogP contribution in [0.1, 0.15) is 45.4 Å². The molecule has 1 heterocycles. The summed E-state index contributed by atoms with van der Waals surface area (Å²) in [5.74, 6) is -0.834. The third kappa shape index (κ3) is 2.51. The van der Waals surface area contributed by atoms with E-state index in [1.165, 1.54) is 0 Å². The predicted molar refractivity (Wildman–Crippen MR) is 67.2 cm³/mol. The first-order chi connectivity index (χ1) is 8.54. The second-order valence-corrected chi connectivity index (χ2v) is 5.68. The average molecular weight is 254 g/mol. The quantitative estimate of drug-likeness (QED) is 0.699. The Bertz CT molecular complexity index is 339. The second-order valence-electron chi connectivity index (χ2n) is 5.68. The molecule has 2 fully saturated rings. The van der Waals surface area contributed by atoms with Crippen LogP contribution >= 0.6 is 0 Å². The van der Waals surface area contributed by atoms with E-state index < -0.39 is 11.4 Å². The Morgan fingerprint density at radius 1 is 1.28 bits per heavy atom. The number of rotatable bonds is 3. The summed E-state index contributed by atoms with van der Waals surface area (Å²) < 4.78 is 0. The molecule has 0 aromatic rings. The highest BCUT2D eigenvalue weighted by Gasteiger charge is 2.44. The summed E-state index contributed by atoms with van der Waals surface area (Å²) in [4.78, 5) is 23.5. The number of carbonyl (C=O) groups excluding carboxylic acids is 1. The molecule has 1 saturated carbocycles. The average Bonchev–Trinajstić information content (AvgIpc) is 2.85. The van der Waals surface area contributed by atoms with E-state index in [9.17, 15) is 14.7 Å². The molecule has 3 N–H and O–H groups in total. The summed E-state index contributed by atoms with van der Waals surface area (Å²) in [6, 6.07) is -0.372. The van der Waals surface area contributed by atoms with Crippen LogP contribution in [-0.2, 0) is 9.59 Å². The number of amides is 1. The van der Waals surface area contributed by atoms with Crippen LogP contribution in [0.25, 0.3) is 0 Å². The van der Waals surface area contributed by atoms with E-state index in [0.717, 1.165) is 38.6 Å². The van der Waals surface area contributed by atoms with Gasteiger partial charge in [0, 0.05) is 6.04 Å². The Balaban J connectivity index is 2.01. The maximum absolute atomic E-state index is 12.1. The van der Waals surface area contributed by atoms with Crippen molar-refractivity contribution < 1.29 is 14.7 Å². The third-order valence-corrected chi connectivity index (χ3v) is 4.39. The molecule has 2 rings (SSSR count). The number of carboxylic acids is 1. The van der Waals surface area contributed by atoms with Crippen molar-refractivity contribution in [3.05, 3.63) is 0 Å². The largest absolute Gasteiger partial charge is 0.481 e. The van der Waals surface area contributed by atoms with Gasteiger partial charge in [-0.2, -0.15) is 0 Å². The van der Waals surface area contributed by atoms with Crippen molar-refractivity contribution in [2.75, 3.05) is 6.54 Å². The first kappa shape index (κ1) is 13.3. The summed E-state index contributed by atoms with van der Waals surface area (Å²) in [6.45, 7) is 2.63. The van der Waals surface area contributed by atoms with Crippen LogP contribution in [-0.4, -0.2) is 35.6 Å². The van der Waals surface area contributed by atoms with Gasteiger partial charge < -0.3 is 15.7 Å². The molecule has 3 atom stereocenters. The number of hydrogen-bond donors (Lipinski definition) is 3. The lowest BCUT2D eigenvalue weighted by Gasteiger charge is -2.38. The molecule has 0 radical (unpaired) electrons. The van der Waals surface area contributed by atoms with E-state index in [0.29, 0.717) is 6.42 Å². The fourth-order valence-electron chi connectivity index (χ4n) is 3.00. The fraction of sp³-hybridized carbons (Fsp3) is 0.846. The van der Waals surface area contributed by atoms with Gasteiger partial charge in [0.15, 0.2) is 0 Å². The SMILES string of the molecule is CC1(C(=O)O)CCCCC1NC(=O)[C@@H]1CCCN1. The molecule has 2 unspecified atom stereocenters. The number of hydrogen-bond acceptors (Lipinski definition) is 3. The predicted octanol–water partition coefficient (Wildman–Crippen LogP) is 0.888. The molecule has 1 saturated heterocycles. The van der Waals surface area contributed by atoms with Crippen molar-refractivity contribution >= 4 is 11.9 Å². The van der Waals surface area contributed by atoms with Crippen LogP contribution in [0.2, 0.25) is 0 Å². The van der Waals surface area contributed by atoms with Crippen LogP contribution < -0.4 is 10.6 Å². The van der Waals surface area contributed by atoms with Crippen molar-refractivity contribution in [2.24, 2.45) is 5.41 Å². The van der Waals surface area contributed by atoms with E-state index in [2.05, 4.69) is 10.6 Å². The van der Waals surface area contributed by atoms with E-state index in [4.69, 9.17) is 0 Å². The van der Waals surface area contributed by atoms with Gasteiger partial charge in [0.25, 0.3) is 0 Å². The topological polar surface area (TPSA) is 78.4 Å². The molecule has 0 spiro atoms. The maximum Gasteiger partial charge on any atom is 0.311 e. The molecule has 5 nitrogen and oxygen atoms in total.